The summed E-state index contributed by atoms with van der Waals surface area (Å²) in [6.45, 7) is 3.08. The zero-order valence-corrected chi connectivity index (χ0v) is 10.9. The van der Waals surface area contributed by atoms with Gasteiger partial charge in [-0.15, -0.1) is 11.3 Å². The molecule has 94 valence electrons. The molecule has 0 atom stereocenters. The first kappa shape index (κ1) is 12.7. The average Bonchev–Trinajstić information content (AvgIpc) is 2.91. The summed E-state index contributed by atoms with van der Waals surface area (Å²) in [5.74, 6) is -0.194. The third-order valence-corrected chi connectivity index (χ3v) is 2.98. The highest BCUT2D eigenvalue weighted by Crippen LogP contribution is 2.17. The Morgan fingerprint density at radius 1 is 1.44 bits per heavy atom. The Balaban J connectivity index is 2.11. The van der Waals surface area contributed by atoms with Crippen molar-refractivity contribution in [2.24, 2.45) is 0 Å². The smallest absolute Gasteiger partial charge is 0.275 e. The first-order valence-corrected chi connectivity index (χ1v) is 6.60. The van der Waals surface area contributed by atoms with E-state index in [-0.39, 0.29) is 5.91 Å². The van der Waals surface area contributed by atoms with Crippen LogP contribution in [0.15, 0.2) is 35.2 Å². The third kappa shape index (κ3) is 3.15. The van der Waals surface area contributed by atoms with Gasteiger partial charge in [0.2, 0.25) is 0 Å². The number of ether oxygens (including phenoxy) is 1. The number of hydrogen-bond donors (Lipinski definition) is 1. The Kier molecular flexibility index (Phi) is 4.44. The topological polar surface area (TPSA) is 51.2 Å². The molecule has 0 bridgehead atoms. The molecule has 2 rings (SSSR count). The number of aromatic nitrogens is 1. The van der Waals surface area contributed by atoms with E-state index in [2.05, 4.69) is 10.3 Å². The van der Waals surface area contributed by atoms with Crippen LogP contribution in [0.5, 0.6) is 0 Å². The number of thiazole rings is 1. The van der Waals surface area contributed by atoms with Crippen LogP contribution in [-0.2, 0) is 11.3 Å². The van der Waals surface area contributed by atoms with E-state index in [1.165, 1.54) is 11.3 Å². The molecule has 0 aliphatic carbocycles. The largest absolute Gasteiger partial charge is 0.377 e. The molecule has 0 radical (unpaired) electrons. The molecule has 0 unspecified atom stereocenters. The lowest BCUT2D eigenvalue weighted by atomic mass is 10.2. The van der Waals surface area contributed by atoms with Crippen LogP contribution in [0.1, 0.15) is 23.0 Å². The molecule has 0 saturated carbocycles. The predicted molar refractivity (Wildman–Crippen MR) is 71.8 cm³/mol. The van der Waals surface area contributed by atoms with Gasteiger partial charge in [-0.2, -0.15) is 0 Å². The average molecular weight is 262 g/mol. The maximum atomic E-state index is 11.9. The molecule has 1 aromatic carbocycles. The van der Waals surface area contributed by atoms with Crippen LogP contribution in [0.4, 0.5) is 5.69 Å². The molecule has 1 aromatic heterocycles. The minimum absolute atomic E-state index is 0.194. The zero-order chi connectivity index (χ0) is 12.8. The van der Waals surface area contributed by atoms with Crippen LogP contribution in [0.25, 0.3) is 0 Å². The highest BCUT2D eigenvalue weighted by Gasteiger charge is 2.10. The van der Waals surface area contributed by atoms with Gasteiger partial charge in [0.05, 0.1) is 12.1 Å². The Hall–Kier alpha value is -1.72. The molecule has 1 N–H and O–H groups in total. The normalized spacial score (nSPS) is 10.3. The summed E-state index contributed by atoms with van der Waals surface area (Å²) < 4.78 is 5.37. The minimum atomic E-state index is -0.194. The quantitative estimate of drug-likeness (QED) is 0.901. The molecule has 0 aliphatic heterocycles. The fourth-order valence-corrected chi connectivity index (χ4v) is 2.02. The predicted octanol–water partition coefficient (Wildman–Crippen LogP) is 2.93. The van der Waals surface area contributed by atoms with Crippen molar-refractivity contribution in [1.82, 2.24) is 4.98 Å². The maximum Gasteiger partial charge on any atom is 0.275 e. The molecule has 2 aromatic rings. The van der Waals surface area contributed by atoms with Crippen molar-refractivity contribution in [1.29, 1.82) is 0 Å². The first-order chi connectivity index (χ1) is 8.81. The van der Waals surface area contributed by atoms with E-state index in [0.29, 0.717) is 18.9 Å². The second-order valence-corrected chi connectivity index (χ2v) is 4.34. The van der Waals surface area contributed by atoms with Gasteiger partial charge < -0.3 is 10.1 Å². The second kappa shape index (κ2) is 6.28. The maximum absolute atomic E-state index is 11.9. The standard InChI is InChI=1S/C13H14N2O2S/c1-2-17-7-10-5-3-4-6-11(10)15-13(16)12-8-18-9-14-12/h3-6,8-9H,2,7H2,1H3,(H,15,16). The summed E-state index contributed by atoms with van der Waals surface area (Å²) in [7, 11) is 0. The number of hydrogen-bond acceptors (Lipinski definition) is 4. The molecule has 5 heteroatoms. The van der Waals surface area contributed by atoms with E-state index in [9.17, 15) is 4.79 Å². The molecule has 18 heavy (non-hydrogen) atoms. The summed E-state index contributed by atoms with van der Waals surface area (Å²) in [6, 6.07) is 7.60. The molecule has 4 nitrogen and oxygen atoms in total. The lowest BCUT2D eigenvalue weighted by molar-refractivity contribution is 0.102. The van der Waals surface area contributed by atoms with E-state index in [1.54, 1.807) is 10.9 Å². The molecule has 0 aliphatic rings. The van der Waals surface area contributed by atoms with Crippen molar-refractivity contribution in [3.05, 3.63) is 46.4 Å². The zero-order valence-electron chi connectivity index (χ0n) is 10.1. The molecule has 1 heterocycles. The van der Waals surface area contributed by atoms with Gasteiger partial charge in [0.1, 0.15) is 5.69 Å². The van der Waals surface area contributed by atoms with Crippen LogP contribution in [0.3, 0.4) is 0 Å². The fraction of sp³-hybridized carbons (Fsp3) is 0.231. The number of para-hydroxylation sites is 1. The van der Waals surface area contributed by atoms with Crippen molar-refractivity contribution in [3.63, 3.8) is 0 Å². The highest BCUT2D eigenvalue weighted by atomic mass is 32.1. The van der Waals surface area contributed by atoms with Crippen molar-refractivity contribution in [2.45, 2.75) is 13.5 Å². The number of benzene rings is 1. The second-order valence-electron chi connectivity index (χ2n) is 3.62. The number of rotatable bonds is 5. The Labute approximate surface area is 110 Å². The Morgan fingerprint density at radius 2 is 2.28 bits per heavy atom. The number of nitrogens with one attached hydrogen (secondary N) is 1. The number of carbonyl (C=O) groups excluding carboxylic acids is 1. The van der Waals surface area contributed by atoms with Gasteiger partial charge >= 0.3 is 0 Å². The number of amides is 1. The van der Waals surface area contributed by atoms with Crippen LogP contribution < -0.4 is 5.32 Å². The Bertz CT molecular complexity index is 511. The van der Waals surface area contributed by atoms with Crippen LogP contribution in [0, 0.1) is 0 Å². The number of carbonyl (C=O) groups is 1. The van der Waals surface area contributed by atoms with Crippen LogP contribution in [-0.4, -0.2) is 17.5 Å². The lowest BCUT2D eigenvalue weighted by Gasteiger charge is -2.10. The summed E-state index contributed by atoms with van der Waals surface area (Å²) in [5.41, 5.74) is 3.80. The molecule has 0 saturated heterocycles. The summed E-state index contributed by atoms with van der Waals surface area (Å²) in [6.07, 6.45) is 0. The van der Waals surface area contributed by atoms with Crippen molar-refractivity contribution >= 4 is 22.9 Å². The van der Waals surface area contributed by atoms with E-state index in [1.807, 2.05) is 31.2 Å². The van der Waals surface area contributed by atoms with Gasteiger partial charge in [0, 0.05) is 23.2 Å². The van der Waals surface area contributed by atoms with E-state index >= 15 is 0 Å². The fourth-order valence-electron chi connectivity index (χ4n) is 1.49. The molecular weight excluding hydrogens is 248 g/mol. The number of anilines is 1. The van der Waals surface area contributed by atoms with E-state index in [0.717, 1.165) is 11.3 Å². The molecular formula is C13H14N2O2S. The van der Waals surface area contributed by atoms with Crippen molar-refractivity contribution in [3.8, 4) is 0 Å². The van der Waals surface area contributed by atoms with Gasteiger partial charge in [-0.25, -0.2) is 4.98 Å². The van der Waals surface area contributed by atoms with E-state index in [4.69, 9.17) is 4.74 Å². The van der Waals surface area contributed by atoms with Crippen LogP contribution in [0.2, 0.25) is 0 Å². The van der Waals surface area contributed by atoms with Gasteiger partial charge in [0.25, 0.3) is 5.91 Å². The van der Waals surface area contributed by atoms with Gasteiger partial charge in [-0.05, 0) is 13.0 Å². The van der Waals surface area contributed by atoms with Gasteiger partial charge in [-0.1, -0.05) is 18.2 Å². The van der Waals surface area contributed by atoms with Crippen molar-refractivity contribution in [2.75, 3.05) is 11.9 Å². The Morgan fingerprint density at radius 3 is 3.00 bits per heavy atom. The summed E-state index contributed by atoms with van der Waals surface area (Å²) in [5, 5.41) is 4.57. The number of nitrogens with zero attached hydrogens (tertiary/aromatic N) is 1. The highest BCUT2D eigenvalue weighted by molar-refractivity contribution is 7.07. The van der Waals surface area contributed by atoms with Crippen molar-refractivity contribution < 1.29 is 9.53 Å². The van der Waals surface area contributed by atoms with Gasteiger partial charge in [-0.3, -0.25) is 4.79 Å². The molecule has 0 fully saturated rings. The lowest BCUT2D eigenvalue weighted by Crippen LogP contribution is -2.13. The monoisotopic (exact) mass is 262 g/mol. The van der Waals surface area contributed by atoms with Gasteiger partial charge in [0.15, 0.2) is 0 Å². The minimum Gasteiger partial charge on any atom is -0.377 e. The summed E-state index contributed by atoms with van der Waals surface area (Å²) in [4.78, 5) is 15.9. The summed E-state index contributed by atoms with van der Waals surface area (Å²) >= 11 is 1.40. The van der Waals surface area contributed by atoms with Crippen LogP contribution >= 0.6 is 11.3 Å². The third-order valence-electron chi connectivity index (χ3n) is 2.39. The molecule has 1 amide bonds. The molecule has 0 spiro atoms. The SMILES string of the molecule is CCOCc1ccccc1NC(=O)c1cscn1. The first-order valence-electron chi connectivity index (χ1n) is 5.66. The van der Waals surface area contributed by atoms with E-state index < -0.39 is 0 Å².